The smallest absolute Gasteiger partial charge is 0.264 e. The maximum Gasteiger partial charge on any atom is 0.264 e. The largest absolute Gasteiger partial charge is 0.497 e. The number of rotatable bonds is 14. The van der Waals surface area contributed by atoms with Crippen LogP contribution in [-0.2, 0) is 32.6 Å². The number of ether oxygens (including phenoxy) is 1. The van der Waals surface area contributed by atoms with Gasteiger partial charge < -0.3 is 15.0 Å². The summed E-state index contributed by atoms with van der Waals surface area (Å²) in [5, 5.41) is 3.22. The molecule has 0 bridgehead atoms. The van der Waals surface area contributed by atoms with Crippen LogP contribution in [0, 0.1) is 5.82 Å². The second-order valence-corrected chi connectivity index (χ2v) is 13.1. The van der Waals surface area contributed by atoms with Gasteiger partial charge in [-0.2, -0.15) is 0 Å². The molecule has 2 amide bonds. The third-order valence-corrected chi connectivity index (χ3v) is 9.62. The van der Waals surface area contributed by atoms with Gasteiger partial charge in [0.2, 0.25) is 11.8 Å². The summed E-state index contributed by atoms with van der Waals surface area (Å²) in [6, 6.07) is 25.7. The van der Waals surface area contributed by atoms with Crippen LogP contribution in [0.5, 0.6) is 5.75 Å². The van der Waals surface area contributed by atoms with Crippen molar-refractivity contribution in [1.29, 1.82) is 0 Å². The number of benzene rings is 4. The quantitative estimate of drug-likeness (QED) is 0.172. The molecule has 0 aliphatic carbocycles. The lowest BCUT2D eigenvalue weighted by molar-refractivity contribution is -0.140. The predicted octanol–water partition coefficient (Wildman–Crippen LogP) is 6.24. The van der Waals surface area contributed by atoms with Crippen molar-refractivity contribution >= 4 is 39.1 Å². The summed E-state index contributed by atoms with van der Waals surface area (Å²) in [4.78, 5) is 29.5. The maximum atomic E-state index is 15.0. The summed E-state index contributed by atoms with van der Waals surface area (Å²) >= 11 is 6.26. The first-order chi connectivity index (χ1) is 22.0. The van der Waals surface area contributed by atoms with Crippen molar-refractivity contribution in [3.63, 3.8) is 0 Å². The zero-order valence-corrected chi connectivity index (χ0v) is 27.5. The van der Waals surface area contributed by atoms with Crippen LogP contribution >= 0.6 is 11.6 Å². The van der Waals surface area contributed by atoms with Gasteiger partial charge in [-0.15, -0.1) is 0 Å². The Morgan fingerprint density at radius 3 is 2.24 bits per heavy atom. The number of anilines is 1. The molecule has 0 aromatic heterocycles. The highest BCUT2D eigenvalue weighted by molar-refractivity contribution is 7.92. The van der Waals surface area contributed by atoms with E-state index in [1.165, 1.54) is 66.6 Å². The predicted molar refractivity (Wildman–Crippen MR) is 178 cm³/mol. The monoisotopic (exact) mass is 665 g/mol. The molecule has 0 spiro atoms. The third kappa shape index (κ3) is 8.64. The van der Waals surface area contributed by atoms with Gasteiger partial charge in [-0.25, -0.2) is 12.8 Å². The van der Waals surface area contributed by atoms with Crippen LogP contribution in [0.15, 0.2) is 108 Å². The second-order valence-electron chi connectivity index (χ2n) is 10.8. The van der Waals surface area contributed by atoms with Crippen LogP contribution in [0.1, 0.15) is 31.4 Å². The minimum atomic E-state index is -4.34. The van der Waals surface area contributed by atoms with Crippen LogP contribution in [-0.4, -0.2) is 50.9 Å². The standard InChI is InChI=1S/C35H37ClFN3O5S/c1-4-25(2)38-35(42)33(21-26-11-6-5-7-12-26)39(23-27-13-8-9-16-32(27)37)34(41)24-40(29-15-10-14-28(36)22-29)46(43,44)31-19-17-30(45-3)18-20-31/h5-20,22,25,33H,4,21,23-24H2,1-3H3,(H,38,42). The fourth-order valence-electron chi connectivity index (χ4n) is 4.84. The molecule has 0 radical (unpaired) electrons. The number of carbonyl (C=O) groups is 2. The Morgan fingerprint density at radius 2 is 1.61 bits per heavy atom. The van der Waals surface area contributed by atoms with E-state index in [1.54, 1.807) is 18.2 Å². The Labute approximate surface area is 274 Å². The van der Waals surface area contributed by atoms with Gasteiger partial charge in [0.25, 0.3) is 10.0 Å². The fourth-order valence-corrected chi connectivity index (χ4v) is 6.43. The first-order valence-corrected chi connectivity index (χ1v) is 16.6. The normalized spacial score (nSPS) is 12.5. The zero-order chi connectivity index (χ0) is 33.3. The Hall–Kier alpha value is -4.41. The highest BCUT2D eigenvalue weighted by atomic mass is 35.5. The Balaban J connectivity index is 1.82. The summed E-state index contributed by atoms with van der Waals surface area (Å²) in [7, 11) is -2.87. The number of halogens is 2. The van der Waals surface area contributed by atoms with E-state index in [0.29, 0.717) is 12.2 Å². The molecule has 2 unspecified atom stereocenters. The van der Waals surface area contributed by atoms with E-state index < -0.39 is 40.2 Å². The number of carbonyl (C=O) groups excluding carboxylic acids is 2. The fraction of sp³-hybridized carbons (Fsp3) is 0.257. The van der Waals surface area contributed by atoms with Crippen LogP contribution in [0.4, 0.5) is 10.1 Å². The van der Waals surface area contributed by atoms with Crippen molar-refractivity contribution in [3.8, 4) is 5.75 Å². The van der Waals surface area contributed by atoms with Crippen molar-refractivity contribution in [1.82, 2.24) is 10.2 Å². The van der Waals surface area contributed by atoms with Crippen molar-refractivity contribution in [2.75, 3.05) is 18.0 Å². The molecule has 0 aliphatic heterocycles. The number of sulfonamides is 1. The van der Waals surface area contributed by atoms with Crippen molar-refractivity contribution in [2.45, 2.75) is 50.2 Å². The third-order valence-electron chi connectivity index (χ3n) is 7.59. The van der Waals surface area contributed by atoms with E-state index in [0.717, 1.165) is 9.87 Å². The van der Waals surface area contributed by atoms with Gasteiger partial charge in [-0.05, 0) is 67.4 Å². The molecule has 4 rings (SSSR count). The lowest BCUT2D eigenvalue weighted by Crippen LogP contribution is -2.54. The van der Waals surface area contributed by atoms with Gasteiger partial charge in [0.1, 0.15) is 24.2 Å². The molecule has 242 valence electrons. The van der Waals surface area contributed by atoms with Crippen molar-refractivity contribution in [2.24, 2.45) is 0 Å². The minimum Gasteiger partial charge on any atom is -0.497 e. The average molecular weight is 666 g/mol. The molecule has 0 saturated carbocycles. The summed E-state index contributed by atoms with van der Waals surface area (Å²) in [5.74, 6) is -1.24. The molecule has 0 heterocycles. The molecule has 0 fully saturated rings. The number of nitrogens with zero attached hydrogens (tertiary/aromatic N) is 2. The number of nitrogens with one attached hydrogen (secondary N) is 1. The molecular weight excluding hydrogens is 629 g/mol. The molecule has 4 aromatic rings. The molecule has 0 aliphatic rings. The summed E-state index contributed by atoms with van der Waals surface area (Å²) in [5.41, 5.74) is 1.10. The molecule has 1 N–H and O–H groups in total. The highest BCUT2D eigenvalue weighted by Crippen LogP contribution is 2.28. The summed E-state index contributed by atoms with van der Waals surface area (Å²) < 4.78 is 49.4. The molecular formula is C35H37ClFN3O5S. The van der Waals surface area contributed by atoms with E-state index in [9.17, 15) is 18.0 Å². The molecule has 2 atom stereocenters. The molecule has 11 heteroatoms. The number of hydrogen-bond donors (Lipinski definition) is 1. The average Bonchev–Trinajstić information content (AvgIpc) is 3.06. The topological polar surface area (TPSA) is 96.0 Å². The van der Waals surface area contributed by atoms with E-state index >= 15 is 4.39 Å². The van der Waals surface area contributed by atoms with Crippen molar-refractivity contribution in [3.05, 3.63) is 125 Å². The Morgan fingerprint density at radius 1 is 0.935 bits per heavy atom. The lowest BCUT2D eigenvalue weighted by Gasteiger charge is -2.34. The van der Waals surface area contributed by atoms with Gasteiger partial charge in [-0.1, -0.05) is 73.1 Å². The van der Waals surface area contributed by atoms with Crippen LogP contribution in [0.2, 0.25) is 5.02 Å². The van der Waals surface area contributed by atoms with Crippen LogP contribution in [0.25, 0.3) is 0 Å². The minimum absolute atomic E-state index is 0.0860. The summed E-state index contributed by atoms with van der Waals surface area (Å²) in [6.07, 6.45) is 0.763. The Kier molecular flexibility index (Phi) is 11.8. The van der Waals surface area contributed by atoms with Gasteiger partial charge in [0.15, 0.2) is 0 Å². The maximum absolute atomic E-state index is 15.0. The lowest BCUT2D eigenvalue weighted by atomic mass is 10.0. The number of amides is 2. The van der Waals surface area contributed by atoms with E-state index in [4.69, 9.17) is 16.3 Å². The van der Waals surface area contributed by atoms with Crippen LogP contribution in [0.3, 0.4) is 0 Å². The molecule has 0 saturated heterocycles. The highest BCUT2D eigenvalue weighted by Gasteiger charge is 2.35. The first kappa shape index (κ1) is 34.5. The van der Waals surface area contributed by atoms with Gasteiger partial charge in [0.05, 0.1) is 17.7 Å². The zero-order valence-electron chi connectivity index (χ0n) is 25.9. The first-order valence-electron chi connectivity index (χ1n) is 14.8. The number of hydrogen-bond acceptors (Lipinski definition) is 5. The van der Waals surface area contributed by atoms with Crippen LogP contribution < -0.4 is 14.4 Å². The SMILES string of the molecule is CCC(C)NC(=O)C(Cc1ccccc1)N(Cc1ccccc1F)C(=O)CN(c1cccc(Cl)c1)S(=O)(=O)c1ccc(OC)cc1. The van der Waals surface area contributed by atoms with Crippen molar-refractivity contribution < 1.29 is 27.1 Å². The second kappa shape index (κ2) is 15.7. The van der Waals surface area contributed by atoms with Gasteiger partial charge >= 0.3 is 0 Å². The molecule has 8 nitrogen and oxygen atoms in total. The number of methoxy groups -OCH3 is 1. The van der Waals surface area contributed by atoms with Gasteiger partial charge in [-0.3, -0.25) is 13.9 Å². The van der Waals surface area contributed by atoms with E-state index in [1.807, 2.05) is 44.2 Å². The van der Waals surface area contributed by atoms with Gasteiger partial charge in [0, 0.05) is 29.6 Å². The summed E-state index contributed by atoms with van der Waals surface area (Å²) in [6.45, 7) is 2.81. The Bertz CT molecular complexity index is 1740. The molecule has 4 aromatic carbocycles. The van der Waals surface area contributed by atoms with E-state index in [2.05, 4.69) is 5.32 Å². The van der Waals surface area contributed by atoms with E-state index in [-0.39, 0.29) is 40.2 Å². The molecule has 46 heavy (non-hydrogen) atoms.